The Kier molecular flexibility index (Phi) is 5.49. The summed E-state index contributed by atoms with van der Waals surface area (Å²) in [6.07, 6.45) is 0.345. The number of thiocarbonyl (C=S) groups is 1. The van der Waals surface area contributed by atoms with Gasteiger partial charge in [0.2, 0.25) is 11.8 Å². The summed E-state index contributed by atoms with van der Waals surface area (Å²) >= 11 is 6.50. The van der Waals surface area contributed by atoms with Gasteiger partial charge in [0.25, 0.3) is 0 Å². The van der Waals surface area contributed by atoms with Crippen LogP contribution >= 0.6 is 24.0 Å². The summed E-state index contributed by atoms with van der Waals surface area (Å²) < 4.78 is 23.4. The third kappa shape index (κ3) is 4.57. The number of rotatable bonds is 6. The Morgan fingerprint density at radius 3 is 2.70 bits per heavy atom. The van der Waals surface area contributed by atoms with E-state index in [0.29, 0.717) is 35.6 Å². The monoisotopic (exact) mass is 312 g/mol. The molecular formula is C13H13FN2O2S2. The van der Waals surface area contributed by atoms with Gasteiger partial charge in [-0.25, -0.2) is 4.39 Å². The molecule has 0 fully saturated rings. The molecule has 0 aliphatic heterocycles. The minimum Gasteiger partial charge on any atom is -0.487 e. The smallest absolute Gasteiger partial charge is 0.226 e. The van der Waals surface area contributed by atoms with Crippen molar-refractivity contribution in [2.24, 2.45) is 0 Å². The maximum absolute atomic E-state index is 12.8. The van der Waals surface area contributed by atoms with Crippen molar-refractivity contribution >= 4 is 29.0 Å². The summed E-state index contributed by atoms with van der Waals surface area (Å²) in [5.74, 6) is 1.23. The summed E-state index contributed by atoms with van der Waals surface area (Å²) in [4.78, 5) is 0.941. The zero-order valence-electron chi connectivity index (χ0n) is 10.8. The van der Waals surface area contributed by atoms with E-state index in [-0.39, 0.29) is 5.82 Å². The normalized spacial score (nSPS) is 10.5. The van der Waals surface area contributed by atoms with E-state index in [9.17, 15) is 4.39 Å². The van der Waals surface area contributed by atoms with Gasteiger partial charge in [-0.05, 0) is 43.4 Å². The largest absolute Gasteiger partial charge is 0.487 e. The lowest BCUT2D eigenvalue weighted by Gasteiger charge is -2.00. The van der Waals surface area contributed by atoms with Crippen molar-refractivity contribution in [1.82, 2.24) is 10.2 Å². The van der Waals surface area contributed by atoms with Crippen molar-refractivity contribution in [3.8, 4) is 0 Å². The predicted octanol–water partition coefficient (Wildman–Crippen LogP) is 3.41. The highest BCUT2D eigenvalue weighted by Gasteiger charge is 2.09. The second-order valence-electron chi connectivity index (χ2n) is 3.81. The fraction of sp³-hybridized carbons (Fsp3) is 0.308. The number of nitrogens with zero attached hydrogens (tertiary/aromatic N) is 2. The highest BCUT2D eigenvalue weighted by molar-refractivity contribution is 7.98. The van der Waals surface area contributed by atoms with Crippen LogP contribution in [0.15, 0.2) is 33.6 Å². The summed E-state index contributed by atoms with van der Waals surface area (Å²) in [7, 11) is 0. The van der Waals surface area contributed by atoms with Crippen molar-refractivity contribution in [3.05, 3.63) is 41.9 Å². The Morgan fingerprint density at radius 2 is 2.00 bits per heavy atom. The van der Waals surface area contributed by atoms with Crippen LogP contribution in [-0.4, -0.2) is 21.9 Å². The van der Waals surface area contributed by atoms with Crippen molar-refractivity contribution < 1.29 is 13.5 Å². The van der Waals surface area contributed by atoms with E-state index < -0.39 is 0 Å². The molecule has 4 nitrogen and oxygen atoms in total. The van der Waals surface area contributed by atoms with E-state index >= 15 is 0 Å². The molecule has 0 saturated carbocycles. The molecule has 0 unspecified atom stereocenters. The van der Waals surface area contributed by atoms with E-state index in [1.807, 2.05) is 6.92 Å². The molecular weight excluding hydrogens is 299 g/mol. The average molecular weight is 312 g/mol. The molecule has 1 aromatic heterocycles. The third-order valence-corrected chi connectivity index (χ3v) is 3.54. The van der Waals surface area contributed by atoms with Crippen LogP contribution in [0, 0.1) is 5.82 Å². The minimum atomic E-state index is -0.251. The third-order valence-electron chi connectivity index (χ3n) is 2.29. The van der Waals surface area contributed by atoms with Gasteiger partial charge in [0.05, 0.1) is 18.8 Å². The zero-order valence-corrected chi connectivity index (χ0v) is 12.5. The number of ether oxygens (including phenoxy) is 1. The van der Waals surface area contributed by atoms with Crippen LogP contribution in [0.25, 0.3) is 0 Å². The molecule has 2 rings (SSSR count). The maximum atomic E-state index is 12.8. The average Bonchev–Trinajstić information content (AvgIpc) is 2.86. The van der Waals surface area contributed by atoms with Gasteiger partial charge in [-0.2, -0.15) is 0 Å². The minimum absolute atomic E-state index is 0.251. The van der Waals surface area contributed by atoms with Gasteiger partial charge >= 0.3 is 0 Å². The fourth-order valence-electron chi connectivity index (χ4n) is 1.43. The molecule has 2 aromatic rings. The molecule has 1 aromatic carbocycles. The van der Waals surface area contributed by atoms with Gasteiger partial charge in [0, 0.05) is 4.90 Å². The van der Waals surface area contributed by atoms with Crippen molar-refractivity contribution in [1.29, 1.82) is 0 Å². The molecule has 0 amide bonds. The zero-order chi connectivity index (χ0) is 14.4. The number of hydrogen-bond donors (Lipinski definition) is 0. The molecule has 0 saturated heterocycles. The molecule has 0 aliphatic carbocycles. The number of aromatic nitrogens is 2. The summed E-state index contributed by atoms with van der Waals surface area (Å²) in [5.41, 5.74) is 0. The maximum Gasteiger partial charge on any atom is 0.226 e. The Morgan fingerprint density at radius 1 is 1.30 bits per heavy atom. The van der Waals surface area contributed by atoms with Crippen LogP contribution in [0.1, 0.15) is 18.7 Å². The molecule has 7 heteroatoms. The lowest BCUT2D eigenvalue weighted by atomic mass is 10.4. The van der Waals surface area contributed by atoms with Gasteiger partial charge in [-0.1, -0.05) is 0 Å². The van der Waals surface area contributed by atoms with Crippen LogP contribution in [0.3, 0.4) is 0 Å². The molecule has 106 valence electrons. The Labute approximate surface area is 125 Å². The van der Waals surface area contributed by atoms with Crippen molar-refractivity contribution in [2.75, 3.05) is 6.61 Å². The second-order valence-corrected chi connectivity index (χ2v) is 5.32. The van der Waals surface area contributed by atoms with Gasteiger partial charge in [-0.15, -0.1) is 22.0 Å². The summed E-state index contributed by atoms with van der Waals surface area (Å²) in [5, 5.41) is 8.28. The SMILES string of the molecule is CCOC(=S)Cc1nnc(CSc2ccc(F)cc2)o1. The lowest BCUT2D eigenvalue weighted by molar-refractivity contribution is 0.325. The predicted molar refractivity (Wildman–Crippen MR) is 78.2 cm³/mol. The summed E-state index contributed by atoms with van der Waals surface area (Å²) in [6, 6.07) is 6.26. The first kappa shape index (κ1) is 14.9. The number of halogens is 1. The lowest BCUT2D eigenvalue weighted by Crippen LogP contribution is -2.05. The summed E-state index contributed by atoms with van der Waals surface area (Å²) in [6.45, 7) is 2.39. The topological polar surface area (TPSA) is 48.2 Å². The molecule has 0 atom stereocenters. The second kappa shape index (κ2) is 7.35. The highest BCUT2D eigenvalue weighted by atomic mass is 32.2. The van der Waals surface area contributed by atoms with E-state index in [0.717, 1.165) is 4.90 Å². The van der Waals surface area contributed by atoms with Crippen LogP contribution < -0.4 is 0 Å². The highest BCUT2D eigenvalue weighted by Crippen LogP contribution is 2.22. The van der Waals surface area contributed by atoms with E-state index in [1.54, 1.807) is 12.1 Å². The molecule has 0 spiro atoms. The first-order valence-corrected chi connectivity index (χ1v) is 7.42. The number of hydrogen-bond acceptors (Lipinski definition) is 6. The van der Waals surface area contributed by atoms with Gasteiger partial charge < -0.3 is 9.15 Å². The first-order chi connectivity index (χ1) is 9.67. The van der Waals surface area contributed by atoms with Crippen LogP contribution in [0.5, 0.6) is 0 Å². The van der Waals surface area contributed by atoms with E-state index in [4.69, 9.17) is 21.4 Å². The quantitative estimate of drug-likeness (QED) is 0.602. The number of benzene rings is 1. The molecule has 0 N–H and O–H groups in total. The van der Waals surface area contributed by atoms with Crippen LogP contribution in [0.2, 0.25) is 0 Å². The molecule has 20 heavy (non-hydrogen) atoms. The molecule has 0 bridgehead atoms. The molecule has 0 aliphatic rings. The van der Waals surface area contributed by atoms with Crippen molar-refractivity contribution in [3.63, 3.8) is 0 Å². The first-order valence-electron chi connectivity index (χ1n) is 6.02. The Bertz CT molecular complexity index is 572. The van der Waals surface area contributed by atoms with Gasteiger partial charge in [0.1, 0.15) is 5.82 Å². The van der Waals surface area contributed by atoms with E-state index in [2.05, 4.69) is 10.2 Å². The molecule has 1 heterocycles. The standard InChI is InChI=1S/C13H13FN2O2S2/c1-2-17-13(19)7-11-15-16-12(18-11)8-20-10-5-3-9(14)4-6-10/h3-6H,2,7-8H2,1H3. The van der Waals surface area contributed by atoms with Gasteiger partial charge in [-0.3, -0.25) is 0 Å². The Balaban J connectivity index is 1.86. The number of thioether (sulfide) groups is 1. The van der Waals surface area contributed by atoms with Crippen LogP contribution in [0.4, 0.5) is 4.39 Å². The van der Waals surface area contributed by atoms with Crippen LogP contribution in [-0.2, 0) is 16.9 Å². The Hall–Kier alpha value is -1.47. The molecule has 0 radical (unpaired) electrons. The fourth-order valence-corrected chi connectivity index (χ4v) is 2.41. The van der Waals surface area contributed by atoms with Gasteiger partial charge in [0.15, 0.2) is 5.05 Å². The van der Waals surface area contributed by atoms with Crippen molar-refractivity contribution in [2.45, 2.75) is 24.0 Å². The van der Waals surface area contributed by atoms with E-state index in [1.165, 1.54) is 23.9 Å².